The zero-order valence-corrected chi connectivity index (χ0v) is 17.9. The van der Waals surface area contributed by atoms with Gasteiger partial charge in [-0.2, -0.15) is 0 Å². The molecule has 1 N–H and O–H groups in total. The summed E-state index contributed by atoms with van der Waals surface area (Å²) in [6.45, 7) is 4.25. The summed E-state index contributed by atoms with van der Waals surface area (Å²) in [5.41, 5.74) is 4.09. The van der Waals surface area contributed by atoms with Crippen LogP contribution in [-0.2, 0) is 10.5 Å². The third-order valence-corrected chi connectivity index (χ3v) is 6.11. The Labute approximate surface area is 174 Å². The number of nitrogens with one attached hydrogen (secondary N) is 1. The molecule has 0 atom stereocenters. The van der Waals surface area contributed by atoms with Crippen LogP contribution >= 0.6 is 23.1 Å². The van der Waals surface area contributed by atoms with E-state index in [1.54, 1.807) is 30.2 Å². The monoisotopic (exact) mass is 412 g/mol. The van der Waals surface area contributed by atoms with E-state index in [1.165, 1.54) is 0 Å². The predicted molar refractivity (Wildman–Crippen MR) is 119 cm³/mol. The van der Waals surface area contributed by atoms with Gasteiger partial charge in [0.2, 0.25) is 5.91 Å². The number of benzene rings is 2. The fourth-order valence-corrected chi connectivity index (χ4v) is 4.45. The molecule has 2 aromatic carbocycles. The van der Waals surface area contributed by atoms with E-state index < -0.39 is 0 Å². The van der Waals surface area contributed by atoms with Gasteiger partial charge < -0.3 is 10.1 Å². The standard InChI is InChI=1S/C22H24N2O2S2/c1-15(2)19-9-4-5-10-20(19)24-21(25)14-27-12-17-13-28-22(23-17)16-7-6-8-18(11-16)26-3/h4-11,13,15H,12,14H2,1-3H3,(H,24,25). The molecular weight excluding hydrogens is 388 g/mol. The SMILES string of the molecule is COc1cccc(-c2nc(CSCC(=O)Nc3ccccc3C(C)C)cs2)c1. The summed E-state index contributed by atoms with van der Waals surface area (Å²) in [4.78, 5) is 17.0. The first-order valence-electron chi connectivity index (χ1n) is 9.12. The molecule has 3 rings (SSSR count). The first-order chi connectivity index (χ1) is 13.6. The van der Waals surface area contributed by atoms with E-state index in [9.17, 15) is 4.79 Å². The van der Waals surface area contributed by atoms with E-state index in [-0.39, 0.29) is 5.91 Å². The topological polar surface area (TPSA) is 51.2 Å². The molecule has 0 bridgehead atoms. The molecule has 0 aliphatic carbocycles. The average Bonchev–Trinajstić information content (AvgIpc) is 3.17. The molecule has 146 valence electrons. The van der Waals surface area contributed by atoms with Gasteiger partial charge in [0, 0.05) is 22.4 Å². The lowest BCUT2D eigenvalue weighted by Gasteiger charge is -2.13. The molecule has 0 saturated carbocycles. The minimum atomic E-state index is 0.0151. The van der Waals surface area contributed by atoms with Gasteiger partial charge in [-0.3, -0.25) is 4.79 Å². The largest absolute Gasteiger partial charge is 0.497 e. The van der Waals surface area contributed by atoms with Crippen molar-refractivity contribution in [3.63, 3.8) is 0 Å². The fraction of sp³-hybridized carbons (Fsp3) is 0.273. The van der Waals surface area contributed by atoms with Crippen LogP contribution in [0.25, 0.3) is 10.6 Å². The summed E-state index contributed by atoms with van der Waals surface area (Å²) < 4.78 is 5.27. The molecule has 1 heterocycles. The molecule has 0 spiro atoms. The normalized spacial score (nSPS) is 10.9. The lowest BCUT2D eigenvalue weighted by Crippen LogP contribution is -2.15. The van der Waals surface area contributed by atoms with Gasteiger partial charge in [-0.15, -0.1) is 23.1 Å². The highest BCUT2D eigenvalue weighted by molar-refractivity contribution is 7.99. The predicted octanol–water partition coefficient (Wildman–Crippen LogP) is 5.81. The van der Waals surface area contributed by atoms with Crippen LogP contribution in [0.3, 0.4) is 0 Å². The maximum atomic E-state index is 12.3. The maximum absolute atomic E-state index is 12.3. The van der Waals surface area contributed by atoms with Crippen molar-refractivity contribution in [2.75, 3.05) is 18.2 Å². The molecule has 0 saturated heterocycles. The van der Waals surface area contributed by atoms with Crippen molar-refractivity contribution in [3.05, 3.63) is 65.2 Å². The Bertz CT molecular complexity index is 938. The molecule has 28 heavy (non-hydrogen) atoms. The van der Waals surface area contributed by atoms with Crippen LogP contribution in [0.1, 0.15) is 31.0 Å². The number of ether oxygens (including phenoxy) is 1. The molecular formula is C22H24N2O2S2. The lowest BCUT2D eigenvalue weighted by molar-refractivity contribution is -0.113. The van der Waals surface area contributed by atoms with Gasteiger partial charge in [-0.1, -0.05) is 44.2 Å². The second-order valence-electron chi connectivity index (χ2n) is 6.66. The van der Waals surface area contributed by atoms with E-state index in [4.69, 9.17) is 4.74 Å². The summed E-state index contributed by atoms with van der Waals surface area (Å²) in [5.74, 6) is 2.32. The van der Waals surface area contributed by atoms with Crippen molar-refractivity contribution in [1.82, 2.24) is 4.98 Å². The molecule has 0 unspecified atom stereocenters. The van der Waals surface area contributed by atoms with Crippen LogP contribution in [0.15, 0.2) is 53.9 Å². The van der Waals surface area contributed by atoms with E-state index in [1.807, 2.05) is 47.8 Å². The van der Waals surface area contributed by atoms with Gasteiger partial charge in [0.25, 0.3) is 0 Å². The molecule has 0 fully saturated rings. The van der Waals surface area contributed by atoms with Crippen molar-refractivity contribution in [1.29, 1.82) is 0 Å². The van der Waals surface area contributed by atoms with Crippen molar-refractivity contribution in [2.45, 2.75) is 25.5 Å². The highest BCUT2D eigenvalue weighted by atomic mass is 32.2. The molecule has 3 aromatic rings. The second kappa shape index (κ2) is 9.75. The Morgan fingerprint density at radius 3 is 2.82 bits per heavy atom. The average molecular weight is 413 g/mol. The van der Waals surface area contributed by atoms with Gasteiger partial charge in [0.15, 0.2) is 0 Å². The van der Waals surface area contributed by atoms with Crippen molar-refractivity contribution in [3.8, 4) is 16.3 Å². The quantitative estimate of drug-likeness (QED) is 0.507. The Balaban J connectivity index is 1.53. The van der Waals surface area contributed by atoms with Crippen LogP contribution in [0.2, 0.25) is 0 Å². The van der Waals surface area contributed by atoms with Crippen LogP contribution in [0, 0.1) is 0 Å². The van der Waals surface area contributed by atoms with E-state index >= 15 is 0 Å². The van der Waals surface area contributed by atoms with Gasteiger partial charge in [0.05, 0.1) is 18.6 Å². The van der Waals surface area contributed by atoms with Gasteiger partial charge in [0.1, 0.15) is 10.8 Å². The number of methoxy groups -OCH3 is 1. The zero-order valence-electron chi connectivity index (χ0n) is 16.3. The first kappa shape index (κ1) is 20.4. The molecule has 0 radical (unpaired) electrons. The van der Waals surface area contributed by atoms with Gasteiger partial charge in [-0.05, 0) is 29.7 Å². The minimum Gasteiger partial charge on any atom is -0.497 e. The third-order valence-electron chi connectivity index (χ3n) is 4.21. The molecule has 1 aromatic heterocycles. The van der Waals surface area contributed by atoms with E-state index in [0.29, 0.717) is 17.4 Å². The molecule has 1 amide bonds. The number of amides is 1. The minimum absolute atomic E-state index is 0.0151. The smallest absolute Gasteiger partial charge is 0.234 e. The number of para-hydroxylation sites is 1. The van der Waals surface area contributed by atoms with Gasteiger partial charge in [-0.25, -0.2) is 4.98 Å². The first-order valence-corrected chi connectivity index (χ1v) is 11.2. The summed E-state index contributed by atoms with van der Waals surface area (Å²) in [6.07, 6.45) is 0. The van der Waals surface area contributed by atoms with Crippen LogP contribution in [0.4, 0.5) is 5.69 Å². The highest BCUT2D eigenvalue weighted by Crippen LogP contribution is 2.28. The fourth-order valence-electron chi connectivity index (χ4n) is 2.81. The van der Waals surface area contributed by atoms with Crippen LogP contribution in [-0.4, -0.2) is 23.8 Å². The molecule has 0 aliphatic rings. The summed E-state index contributed by atoms with van der Waals surface area (Å²) in [5, 5.41) is 6.04. The number of hydrogen-bond donors (Lipinski definition) is 1. The highest BCUT2D eigenvalue weighted by Gasteiger charge is 2.10. The Hall–Kier alpha value is -2.31. The lowest BCUT2D eigenvalue weighted by atomic mass is 10.0. The summed E-state index contributed by atoms with van der Waals surface area (Å²) in [7, 11) is 1.66. The summed E-state index contributed by atoms with van der Waals surface area (Å²) >= 11 is 3.18. The number of anilines is 1. The Kier molecular flexibility index (Phi) is 7.12. The molecule has 6 heteroatoms. The van der Waals surface area contributed by atoms with Crippen molar-refractivity contribution in [2.24, 2.45) is 0 Å². The number of hydrogen-bond acceptors (Lipinski definition) is 5. The summed E-state index contributed by atoms with van der Waals surface area (Å²) in [6, 6.07) is 15.9. The number of nitrogens with zero attached hydrogens (tertiary/aromatic N) is 1. The van der Waals surface area contributed by atoms with Crippen LogP contribution < -0.4 is 10.1 Å². The zero-order chi connectivity index (χ0) is 19.9. The molecule has 0 aliphatic heterocycles. The molecule has 4 nitrogen and oxygen atoms in total. The van der Waals surface area contributed by atoms with Gasteiger partial charge >= 0.3 is 0 Å². The van der Waals surface area contributed by atoms with Crippen molar-refractivity contribution < 1.29 is 9.53 Å². The van der Waals surface area contributed by atoms with E-state index in [2.05, 4.69) is 30.2 Å². The van der Waals surface area contributed by atoms with Crippen LogP contribution in [0.5, 0.6) is 5.75 Å². The Morgan fingerprint density at radius 1 is 1.21 bits per heavy atom. The second-order valence-corrected chi connectivity index (χ2v) is 8.50. The number of carbonyl (C=O) groups excluding carboxylic acids is 1. The van der Waals surface area contributed by atoms with E-state index in [0.717, 1.165) is 33.3 Å². The third kappa shape index (κ3) is 5.36. The number of aromatic nitrogens is 1. The number of carbonyl (C=O) groups is 1. The Morgan fingerprint density at radius 2 is 2.04 bits per heavy atom. The number of thiazole rings is 1. The number of thioether (sulfide) groups is 1. The number of rotatable bonds is 8. The maximum Gasteiger partial charge on any atom is 0.234 e. The van der Waals surface area contributed by atoms with Crippen molar-refractivity contribution >= 4 is 34.7 Å².